The van der Waals surface area contributed by atoms with Gasteiger partial charge >= 0.3 is 0 Å². The van der Waals surface area contributed by atoms with E-state index in [0.29, 0.717) is 17.1 Å². The zero-order valence-corrected chi connectivity index (χ0v) is 12.0. The van der Waals surface area contributed by atoms with E-state index >= 15 is 0 Å². The highest BCUT2D eigenvalue weighted by atomic mass is 32.2. The first-order valence-corrected chi connectivity index (χ1v) is 7.37. The lowest BCUT2D eigenvalue weighted by Crippen LogP contribution is -2.12. The SMILES string of the molecule is COc1cccc(NS(=O)(=O)c2cc(CO)n(C)c2)c1. The number of rotatable bonds is 5. The van der Waals surface area contributed by atoms with Crippen molar-refractivity contribution in [2.75, 3.05) is 11.8 Å². The predicted molar refractivity (Wildman–Crippen MR) is 75.1 cm³/mol. The molecule has 1 aromatic heterocycles. The third-order valence-corrected chi connectivity index (χ3v) is 4.23. The second-order valence-corrected chi connectivity index (χ2v) is 5.96. The quantitative estimate of drug-likeness (QED) is 0.872. The van der Waals surface area contributed by atoms with Gasteiger partial charge in [0, 0.05) is 25.0 Å². The summed E-state index contributed by atoms with van der Waals surface area (Å²) in [7, 11) is -0.499. The molecule has 20 heavy (non-hydrogen) atoms. The van der Waals surface area contributed by atoms with Crippen molar-refractivity contribution in [3.63, 3.8) is 0 Å². The first-order chi connectivity index (χ1) is 9.46. The largest absolute Gasteiger partial charge is 0.497 e. The fourth-order valence-electron chi connectivity index (χ4n) is 1.78. The predicted octanol–water partition coefficient (Wildman–Crippen LogP) is 1.33. The molecule has 0 atom stereocenters. The number of aliphatic hydroxyl groups is 1. The van der Waals surface area contributed by atoms with Crippen molar-refractivity contribution in [1.29, 1.82) is 0 Å². The number of ether oxygens (including phenoxy) is 1. The van der Waals surface area contributed by atoms with Crippen LogP contribution in [0.3, 0.4) is 0 Å². The molecule has 0 unspecified atom stereocenters. The minimum absolute atomic E-state index is 0.104. The van der Waals surface area contributed by atoms with Crippen molar-refractivity contribution in [2.24, 2.45) is 7.05 Å². The van der Waals surface area contributed by atoms with E-state index in [4.69, 9.17) is 9.84 Å². The molecule has 2 rings (SSSR count). The third kappa shape index (κ3) is 2.94. The highest BCUT2D eigenvalue weighted by Gasteiger charge is 2.17. The van der Waals surface area contributed by atoms with Gasteiger partial charge in [-0.3, -0.25) is 4.72 Å². The number of methoxy groups -OCH3 is 1. The van der Waals surface area contributed by atoms with Crippen molar-refractivity contribution in [2.45, 2.75) is 11.5 Å². The molecule has 0 saturated heterocycles. The van der Waals surface area contributed by atoms with Gasteiger partial charge in [-0.05, 0) is 18.2 Å². The molecule has 0 aliphatic heterocycles. The number of benzene rings is 1. The molecule has 0 saturated carbocycles. The first-order valence-electron chi connectivity index (χ1n) is 5.89. The number of anilines is 1. The summed E-state index contributed by atoms with van der Waals surface area (Å²) in [6.07, 6.45) is 1.45. The van der Waals surface area contributed by atoms with Gasteiger partial charge < -0.3 is 14.4 Å². The maximum atomic E-state index is 12.2. The molecular formula is C13H16N2O4S. The summed E-state index contributed by atoms with van der Waals surface area (Å²) in [5.41, 5.74) is 0.940. The molecule has 1 heterocycles. The van der Waals surface area contributed by atoms with E-state index in [-0.39, 0.29) is 11.5 Å². The van der Waals surface area contributed by atoms with Crippen LogP contribution in [0.4, 0.5) is 5.69 Å². The fourth-order valence-corrected chi connectivity index (χ4v) is 2.93. The van der Waals surface area contributed by atoms with Crippen LogP contribution in [0.5, 0.6) is 5.75 Å². The van der Waals surface area contributed by atoms with Crippen LogP contribution in [0.1, 0.15) is 5.69 Å². The van der Waals surface area contributed by atoms with Crippen LogP contribution in [-0.4, -0.2) is 25.2 Å². The Morgan fingerprint density at radius 1 is 1.35 bits per heavy atom. The Kier molecular flexibility index (Phi) is 4.01. The molecule has 7 heteroatoms. The van der Waals surface area contributed by atoms with Crippen LogP contribution in [0, 0.1) is 0 Å². The Bertz CT molecular complexity index is 707. The van der Waals surface area contributed by atoms with E-state index in [2.05, 4.69) is 4.72 Å². The Morgan fingerprint density at radius 2 is 2.10 bits per heavy atom. The maximum absolute atomic E-state index is 12.2. The lowest BCUT2D eigenvalue weighted by molar-refractivity contribution is 0.272. The molecule has 1 aromatic carbocycles. The number of nitrogens with zero attached hydrogens (tertiary/aromatic N) is 1. The second-order valence-electron chi connectivity index (χ2n) is 4.27. The lowest BCUT2D eigenvalue weighted by atomic mass is 10.3. The Labute approximate surface area is 117 Å². The van der Waals surface area contributed by atoms with E-state index in [0.717, 1.165) is 0 Å². The first kappa shape index (κ1) is 14.4. The van der Waals surface area contributed by atoms with Gasteiger partial charge in [0.2, 0.25) is 0 Å². The standard InChI is InChI=1S/C13H16N2O4S/c1-15-8-13(7-11(15)9-16)20(17,18)14-10-4-3-5-12(6-10)19-2/h3-8,14,16H,9H2,1-2H3. The molecule has 2 N–H and O–H groups in total. The van der Waals surface area contributed by atoms with Crippen molar-refractivity contribution in [3.8, 4) is 5.75 Å². The Morgan fingerprint density at radius 3 is 2.70 bits per heavy atom. The van der Waals surface area contributed by atoms with Gasteiger partial charge in [-0.2, -0.15) is 0 Å². The number of hydrogen-bond acceptors (Lipinski definition) is 4. The van der Waals surface area contributed by atoms with Gasteiger partial charge in [-0.15, -0.1) is 0 Å². The summed E-state index contributed by atoms with van der Waals surface area (Å²) in [5, 5.41) is 9.10. The molecule has 0 aliphatic rings. The fraction of sp³-hybridized carbons (Fsp3) is 0.231. The average Bonchev–Trinajstić information content (AvgIpc) is 2.80. The number of aryl methyl sites for hydroxylation is 1. The van der Waals surface area contributed by atoms with Crippen LogP contribution < -0.4 is 9.46 Å². The molecule has 6 nitrogen and oxygen atoms in total. The molecule has 0 bridgehead atoms. The Balaban J connectivity index is 2.30. The van der Waals surface area contributed by atoms with Crippen molar-refractivity contribution < 1.29 is 18.3 Å². The highest BCUT2D eigenvalue weighted by Crippen LogP contribution is 2.21. The maximum Gasteiger partial charge on any atom is 0.263 e. The summed E-state index contributed by atoms with van der Waals surface area (Å²) in [6.45, 7) is -0.217. The van der Waals surface area contributed by atoms with Crippen LogP contribution in [-0.2, 0) is 23.7 Å². The molecule has 108 valence electrons. The van der Waals surface area contributed by atoms with Crippen molar-refractivity contribution >= 4 is 15.7 Å². The monoisotopic (exact) mass is 296 g/mol. The topological polar surface area (TPSA) is 80.6 Å². The van der Waals surface area contributed by atoms with Crippen LogP contribution in [0.15, 0.2) is 41.4 Å². The number of aliphatic hydroxyl groups excluding tert-OH is 1. The molecule has 0 spiro atoms. The van der Waals surface area contributed by atoms with Gasteiger partial charge in [0.1, 0.15) is 10.6 Å². The Hall–Kier alpha value is -1.99. The minimum atomic E-state index is -3.69. The average molecular weight is 296 g/mol. The normalized spacial score (nSPS) is 11.3. The van der Waals surface area contributed by atoms with Gasteiger partial charge in [0.25, 0.3) is 10.0 Å². The number of aromatic nitrogens is 1. The molecule has 0 amide bonds. The highest BCUT2D eigenvalue weighted by molar-refractivity contribution is 7.92. The summed E-state index contributed by atoms with van der Waals surface area (Å²) >= 11 is 0. The van der Waals surface area contributed by atoms with E-state index in [1.165, 1.54) is 19.4 Å². The van der Waals surface area contributed by atoms with Gasteiger partial charge in [-0.1, -0.05) is 6.07 Å². The smallest absolute Gasteiger partial charge is 0.263 e. The zero-order chi connectivity index (χ0) is 14.8. The molecule has 2 aromatic rings. The third-order valence-electron chi connectivity index (χ3n) is 2.88. The number of sulfonamides is 1. The van der Waals surface area contributed by atoms with Crippen molar-refractivity contribution in [3.05, 3.63) is 42.2 Å². The van der Waals surface area contributed by atoms with Gasteiger partial charge in [-0.25, -0.2) is 8.42 Å². The van der Waals surface area contributed by atoms with Crippen LogP contribution in [0.25, 0.3) is 0 Å². The molecule has 0 aliphatic carbocycles. The zero-order valence-electron chi connectivity index (χ0n) is 11.2. The molecule has 0 fully saturated rings. The summed E-state index contributed by atoms with van der Waals surface area (Å²) in [6, 6.07) is 8.08. The lowest BCUT2D eigenvalue weighted by Gasteiger charge is -2.07. The van der Waals surface area contributed by atoms with E-state index in [1.54, 1.807) is 35.9 Å². The molecular weight excluding hydrogens is 280 g/mol. The summed E-state index contributed by atoms with van der Waals surface area (Å²) in [5.74, 6) is 0.564. The number of hydrogen-bond donors (Lipinski definition) is 2. The van der Waals surface area contributed by atoms with E-state index in [9.17, 15) is 8.42 Å². The van der Waals surface area contributed by atoms with Crippen LogP contribution >= 0.6 is 0 Å². The van der Waals surface area contributed by atoms with Gasteiger partial charge in [0.05, 0.1) is 19.4 Å². The summed E-state index contributed by atoms with van der Waals surface area (Å²) in [4.78, 5) is 0.104. The van der Waals surface area contributed by atoms with E-state index in [1.807, 2.05) is 0 Å². The molecule has 0 radical (unpaired) electrons. The number of nitrogens with one attached hydrogen (secondary N) is 1. The van der Waals surface area contributed by atoms with Gasteiger partial charge in [0.15, 0.2) is 0 Å². The second kappa shape index (κ2) is 5.56. The van der Waals surface area contributed by atoms with E-state index < -0.39 is 10.0 Å². The summed E-state index contributed by atoms with van der Waals surface area (Å²) < 4.78 is 33.6. The van der Waals surface area contributed by atoms with Crippen LogP contribution in [0.2, 0.25) is 0 Å². The van der Waals surface area contributed by atoms with Crippen molar-refractivity contribution in [1.82, 2.24) is 4.57 Å². The minimum Gasteiger partial charge on any atom is -0.497 e.